The molecule has 3 heterocycles. The van der Waals surface area contributed by atoms with E-state index < -0.39 is 0 Å². The maximum absolute atomic E-state index is 13.9. The Labute approximate surface area is 191 Å². The van der Waals surface area contributed by atoms with E-state index in [2.05, 4.69) is 21.3 Å². The summed E-state index contributed by atoms with van der Waals surface area (Å²) in [5, 5.41) is 6.47. The van der Waals surface area contributed by atoms with Crippen LogP contribution in [0.2, 0.25) is 0 Å². The van der Waals surface area contributed by atoms with Gasteiger partial charge in [0.2, 0.25) is 0 Å². The Morgan fingerprint density at radius 3 is 2.61 bits per heavy atom. The van der Waals surface area contributed by atoms with Crippen LogP contribution in [0.25, 0.3) is 5.69 Å². The number of amides is 2. The highest BCUT2D eigenvalue weighted by molar-refractivity contribution is 5.92. The third kappa shape index (κ3) is 3.82. The van der Waals surface area contributed by atoms with E-state index in [-0.39, 0.29) is 23.4 Å². The van der Waals surface area contributed by atoms with Gasteiger partial charge in [-0.2, -0.15) is 0 Å². The van der Waals surface area contributed by atoms with Gasteiger partial charge in [0.05, 0.1) is 29.1 Å². The van der Waals surface area contributed by atoms with Gasteiger partial charge in [-0.1, -0.05) is 0 Å². The maximum Gasteiger partial charge on any atom is 0.338 e. The fourth-order valence-electron chi connectivity index (χ4n) is 4.70. The predicted octanol–water partition coefficient (Wildman–Crippen LogP) is 4.74. The fraction of sp³-hybridized carbons (Fsp3) is 0.280. The zero-order valence-electron chi connectivity index (χ0n) is 18.3. The van der Waals surface area contributed by atoms with Gasteiger partial charge >= 0.3 is 12.0 Å². The summed E-state index contributed by atoms with van der Waals surface area (Å²) in [6.45, 7) is 3.17. The van der Waals surface area contributed by atoms with Gasteiger partial charge in [0.15, 0.2) is 0 Å². The number of ether oxygens (including phenoxy) is 1. The predicted molar refractivity (Wildman–Crippen MR) is 123 cm³/mol. The molecule has 0 aliphatic carbocycles. The van der Waals surface area contributed by atoms with E-state index in [1.54, 1.807) is 42.2 Å². The first-order chi connectivity index (χ1) is 16.0. The molecule has 2 aliphatic heterocycles. The number of carbonyl (C=O) groups excluding carboxylic acids is 2. The molecule has 8 heteroatoms. The highest BCUT2D eigenvalue weighted by Gasteiger charge is 2.42. The maximum atomic E-state index is 13.9. The first kappa shape index (κ1) is 21.1. The van der Waals surface area contributed by atoms with E-state index in [4.69, 9.17) is 4.74 Å². The van der Waals surface area contributed by atoms with Crippen LogP contribution >= 0.6 is 0 Å². The average molecular weight is 448 g/mol. The van der Waals surface area contributed by atoms with Crippen LogP contribution in [0.5, 0.6) is 0 Å². The number of fused-ring (bicyclic) bond motifs is 4. The molecule has 2 aromatic carbocycles. The number of hydrogen-bond acceptors (Lipinski definition) is 4. The molecule has 7 nitrogen and oxygen atoms in total. The number of hydrogen-bond donors (Lipinski definition) is 2. The Hall–Kier alpha value is -3.81. The molecule has 1 fully saturated rings. The highest BCUT2D eigenvalue weighted by atomic mass is 19.1. The standard InChI is InChI=1S/C25H25FN4O3/c1-2-33-23(31)17-5-8-19(9-6-17)27-24(32)29-14-11-25(12-15-29)22-4-3-13-30(22)21-10-7-18(26)16-20(21)28-25/h3-10,13,16,28H,2,11-12,14-15H2,1H3,(H,27,32). The molecular weight excluding hydrogens is 423 g/mol. The molecule has 0 radical (unpaired) electrons. The number of anilines is 2. The molecule has 2 amide bonds. The molecule has 0 bridgehead atoms. The topological polar surface area (TPSA) is 75.6 Å². The summed E-state index contributed by atoms with van der Waals surface area (Å²) in [5.74, 6) is -0.666. The fourth-order valence-corrected chi connectivity index (χ4v) is 4.70. The Bertz CT molecular complexity index is 1200. The summed E-state index contributed by atoms with van der Waals surface area (Å²) in [6, 6.07) is 15.3. The third-order valence-corrected chi connectivity index (χ3v) is 6.38. The van der Waals surface area contributed by atoms with Crippen LogP contribution in [0.3, 0.4) is 0 Å². The first-order valence-corrected chi connectivity index (χ1v) is 11.1. The number of aromatic nitrogens is 1. The number of nitrogens with zero attached hydrogens (tertiary/aromatic N) is 2. The summed E-state index contributed by atoms with van der Waals surface area (Å²) >= 11 is 0. The monoisotopic (exact) mass is 448 g/mol. The van der Waals surface area contributed by atoms with Crippen LogP contribution in [0.1, 0.15) is 35.8 Å². The minimum Gasteiger partial charge on any atom is -0.462 e. The van der Waals surface area contributed by atoms with Crippen molar-refractivity contribution in [2.45, 2.75) is 25.3 Å². The lowest BCUT2D eigenvalue weighted by atomic mass is 9.82. The van der Waals surface area contributed by atoms with Crippen LogP contribution in [-0.2, 0) is 10.3 Å². The van der Waals surface area contributed by atoms with E-state index in [9.17, 15) is 14.0 Å². The quantitative estimate of drug-likeness (QED) is 0.568. The van der Waals surface area contributed by atoms with Crippen molar-refractivity contribution in [1.82, 2.24) is 9.47 Å². The largest absolute Gasteiger partial charge is 0.462 e. The Kier molecular flexibility index (Phi) is 5.28. The van der Waals surface area contributed by atoms with Crippen LogP contribution in [0.4, 0.5) is 20.6 Å². The van der Waals surface area contributed by atoms with Gasteiger partial charge in [0.1, 0.15) is 5.82 Å². The molecular formula is C25H25FN4O3. The van der Waals surface area contributed by atoms with E-state index in [1.165, 1.54) is 12.1 Å². The molecule has 170 valence electrons. The van der Waals surface area contributed by atoms with Crippen molar-refractivity contribution >= 4 is 23.4 Å². The summed E-state index contributed by atoms with van der Waals surface area (Å²) < 4.78 is 21.0. The number of piperidine rings is 1. The summed E-state index contributed by atoms with van der Waals surface area (Å²) in [5.41, 5.74) is 3.51. The van der Waals surface area contributed by atoms with E-state index in [0.29, 0.717) is 43.8 Å². The van der Waals surface area contributed by atoms with Crippen LogP contribution in [0, 0.1) is 5.82 Å². The Balaban J connectivity index is 1.27. The Morgan fingerprint density at radius 2 is 1.88 bits per heavy atom. The number of urea groups is 1. The van der Waals surface area contributed by atoms with Crippen molar-refractivity contribution in [3.05, 3.63) is 77.9 Å². The summed E-state index contributed by atoms with van der Waals surface area (Å²) in [6.07, 6.45) is 3.39. The molecule has 0 unspecified atom stereocenters. The van der Waals surface area contributed by atoms with Crippen molar-refractivity contribution in [2.75, 3.05) is 30.3 Å². The van der Waals surface area contributed by atoms with Gasteiger partial charge in [-0.3, -0.25) is 0 Å². The van der Waals surface area contributed by atoms with Gasteiger partial charge in [-0.25, -0.2) is 14.0 Å². The molecule has 1 aromatic heterocycles. The van der Waals surface area contributed by atoms with Gasteiger partial charge in [0, 0.05) is 30.7 Å². The number of rotatable bonds is 3. The highest BCUT2D eigenvalue weighted by Crippen LogP contribution is 2.43. The number of carbonyl (C=O) groups is 2. The zero-order valence-corrected chi connectivity index (χ0v) is 18.3. The molecule has 1 saturated heterocycles. The third-order valence-electron chi connectivity index (χ3n) is 6.38. The first-order valence-electron chi connectivity index (χ1n) is 11.1. The van der Waals surface area contributed by atoms with Crippen LogP contribution in [0.15, 0.2) is 60.8 Å². The van der Waals surface area contributed by atoms with Crippen molar-refractivity contribution in [2.24, 2.45) is 0 Å². The second-order valence-electron chi connectivity index (χ2n) is 8.35. The summed E-state index contributed by atoms with van der Waals surface area (Å²) in [7, 11) is 0. The van der Waals surface area contributed by atoms with Crippen molar-refractivity contribution in [3.63, 3.8) is 0 Å². The lowest BCUT2D eigenvalue weighted by Crippen LogP contribution is -2.51. The van der Waals surface area contributed by atoms with Crippen LogP contribution < -0.4 is 10.6 Å². The van der Waals surface area contributed by atoms with E-state index >= 15 is 0 Å². The number of halogens is 1. The van der Waals surface area contributed by atoms with Gasteiger partial charge in [-0.15, -0.1) is 0 Å². The van der Waals surface area contributed by atoms with E-state index in [1.807, 2.05) is 12.3 Å². The molecule has 33 heavy (non-hydrogen) atoms. The molecule has 0 saturated carbocycles. The van der Waals surface area contributed by atoms with E-state index in [0.717, 1.165) is 17.1 Å². The molecule has 3 aromatic rings. The summed E-state index contributed by atoms with van der Waals surface area (Å²) in [4.78, 5) is 26.4. The van der Waals surface area contributed by atoms with Crippen LogP contribution in [-0.4, -0.2) is 41.2 Å². The van der Waals surface area contributed by atoms with Crippen molar-refractivity contribution < 1.29 is 18.7 Å². The Morgan fingerprint density at radius 1 is 1.12 bits per heavy atom. The average Bonchev–Trinajstić information content (AvgIpc) is 3.31. The SMILES string of the molecule is CCOC(=O)c1ccc(NC(=O)N2CCC3(CC2)Nc2cc(F)ccc2-n2cccc23)cc1. The molecule has 0 atom stereocenters. The normalized spacial score (nSPS) is 15.9. The van der Waals surface area contributed by atoms with Gasteiger partial charge in [0.25, 0.3) is 0 Å². The van der Waals surface area contributed by atoms with Crippen molar-refractivity contribution in [3.8, 4) is 5.69 Å². The number of nitrogens with one attached hydrogen (secondary N) is 2. The zero-order chi connectivity index (χ0) is 23.0. The number of esters is 1. The van der Waals surface area contributed by atoms with Gasteiger partial charge < -0.3 is 24.8 Å². The molecule has 2 aliphatic rings. The lowest BCUT2D eigenvalue weighted by Gasteiger charge is -2.46. The minimum atomic E-state index is -0.386. The molecule has 2 N–H and O–H groups in total. The molecule has 1 spiro atoms. The number of benzene rings is 2. The second-order valence-corrected chi connectivity index (χ2v) is 8.35. The minimum absolute atomic E-state index is 0.189. The molecule has 5 rings (SSSR count). The number of likely N-dealkylation sites (tertiary alicyclic amines) is 1. The second kappa shape index (κ2) is 8.27. The van der Waals surface area contributed by atoms with Gasteiger partial charge in [-0.05, 0) is 74.4 Å². The smallest absolute Gasteiger partial charge is 0.338 e. The lowest BCUT2D eigenvalue weighted by molar-refractivity contribution is 0.0526. The van der Waals surface area contributed by atoms with Crippen molar-refractivity contribution in [1.29, 1.82) is 0 Å².